The van der Waals surface area contributed by atoms with Gasteiger partial charge in [0.25, 0.3) is 5.69 Å². The molecule has 0 aliphatic rings. The van der Waals surface area contributed by atoms with Crippen LogP contribution in [0.3, 0.4) is 0 Å². The monoisotopic (exact) mass is 314 g/mol. The number of non-ortho nitro benzene ring substituents is 1. The van der Waals surface area contributed by atoms with Gasteiger partial charge in [0.05, 0.1) is 22.3 Å². The summed E-state index contributed by atoms with van der Waals surface area (Å²) >= 11 is 1.23. The molecule has 0 aromatic heterocycles. The van der Waals surface area contributed by atoms with E-state index in [0.717, 1.165) is 4.90 Å². The number of carbonyl (C=O) groups is 1. The lowest BCUT2D eigenvalue weighted by atomic mass is 10.2. The van der Waals surface area contributed by atoms with Crippen molar-refractivity contribution < 1.29 is 14.5 Å². The molecule has 110 valence electrons. The lowest BCUT2D eigenvalue weighted by molar-refractivity contribution is -0.384. The number of esters is 1. The minimum Gasteiger partial charge on any atom is -0.426 e. The molecule has 0 bridgehead atoms. The molecule has 2 aromatic rings. The normalized spacial score (nSPS) is 9.77. The molecule has 0 fully saturated rings. The molecule has 0 amide bonds. The topological polar surface area (TPSA) is 93.2 Å². The molecule has 0 saturated carbocycles. The summed E-state index contributed by atoms with van der Waals surface area (Å²) in [5.41, 5.74) is 0.490. The second-order valence-electron chi connectivity index (χ2n) is 4.15. The molecule has 0 aliphatic carbocycles. The van der Waals surface area contributed by atoms with Crippen molar-refractivity contribution in [1.82, 2.24) is 0 Å². The Labute approximate surface area is 130 Å². The number of hydrogen-bond donors (Lipinski definition) is 0. The highest BCUT2D eigenvalue weighted by Gasteiger charge is 2.08. The fourth-order valence-electron chi connectivity index (χ4n) is 1.56. The van der Waals surface area contributed by atoms with E-state index in [4.69, 9.17) is 10.00 Å². The molecule has 0 radical (unpaired) electrons. The van der Waals surface area contributed by atoms with Gasteiger partial charge in [-0.2, -0.15) is 5.26 Å². The Morgan fingerprint density at radius 2 is 1.82 bits per heavy atom. The van der Waals surface area contributed by atoms with Crippen LogP contribution in [0.15, 0.2) is 53.4 Å². The maximum Gasteiger partial charge on any atom is 0.321 e. The molecule has 0 heterocycles. The van der Waals surface area contributed by atoms with Gasteiger partial charge < -0.3 is 4.74 Å². The average molecular weight is 314 g/mol. The summed E-state index contributed by atoms with van der Waals surface area (Å²) < 4.78 is 5.12. The summed E-state index contributed by atoms with van der Waals surface area (Å²) in [5.74, 6) is 0.0130. The fourth-order valence-corrected chi connectivity index (χ4v) is 2.24. The molecule has 0 atom stereocenters. The van der Waals surface area contributed by atoms with Gasteiger partial charge in [0.1, 0.15) is 5.75 Å². The van der Waals surface area contributed by atoms with Crippen LogP contribution in [0.4, 0.5) is 5.69 Å². The van der Waals surface area contributed by atoms with Gasteiger partial charge in [0.15, 0.2) is 0 Å². The van der Waals surface area contributed by atoms with E-state index in [-0.39, 0.29) is 11.4 Å². The van der Waals surface area contributed by atoms with Crippen LogP contribution in [0, 0.1) is 21.4 Å². The molecule has 2 aromatic carbocycles. The van der Waals surface area contributed by atoms with Gasteiger partial charge in [0, 0.05) is 17.0 Å². The van der Waals surface area contributed by atoms with E-state index in [1.54, 1.807) is 36.4 Å². The highest BCUT2D eigenvalue weighted by atomic mass is 32.2. The standard InChI is InChI=1S/C15H10N2O4S/c16-9-11-1-5-13(6-2-11)21-15(18)10-22-14-7-3-12(4-8-14)17(19)20/h1-8H,10H2. The lowest BCUT2D eigenvalue weighted by Gasteiger charge is -2.04. The van der Waals surface area contributed by atoms with Gasteiger partial charge >= 0.3 is 5.97 Å². The average Bonchev–Trinajstić information content (AvgIpc) is 2.54. The number of carbonyl (C=O) groups excluding carboxylic acids is 1. The first-order chi connectivity index (χ1) is 10.6. The highest BCUT2D eigenvalue weighted by molar-refractivity contribution is 8.00. The first-order valence-electron chi connectivity index (χ1n) is 6.16. The first kappa shape index (κ1) is 15.5. The van der Waals surface area contributed by atoms with E-state index >= 15 is 0 Å². The van der Waals surface area contributed by atoms with E-state index in [1.165, 1.54) is 23.9 Å². The molecular formula is C15H10N2O4S. The third-order valence-electron chi connectivity index (χ3n) is 2.62. The number of nitro groups is 1. The maximum atomic E-state index is 11.7. The van der Waals surface area contributed by atoms with Crippen molar-refractivity contribution in [2.45, 2.75) is 4.90 Å². The van der Waals surface area contributed by atoms with Crippen LogP contribution >= 0.6 is 11.8 Å². The van der Waals surface area contributed by atoms with Crippen molar-refractivity contribution in [3.8, 4) is 11.8 Å². The summed E-state index contributed by atoms with van der Waals surface area (Å²) in [6.45, 7) is 0. The van der Waals surface area contributed by atoms with Crippen molar-refractivity contribution >= 4 is 23.4 Å². The molecule has 22 heavy (non-hydrogen) atoms. The van der Waals surface area contributed by atoms with Gasteiger partial charge in [-0.15, -0.1) is 11.8 Å². The summed E-state index contributed by atoms with van der Waals surface area (Å²) in [5, 5.41) is 19.2. The zero-order valence-corrected chi connectivity index (χ0v) is 12.1. The highest BCUT2D eigenvalue weighted by Crippen LogP contribution is 2.22. The van der Waals surface area contributed by atoms with Crippen molar-refractivity contribution in [3.05, 3.63) is 64.2 Å². The van der Waals surface area contributed by atoms with Gasteiger partial charge in [0.2, 0.25) is 0 Å². The SMILES string of the molecule is N#Cc1ccc(OC(=O)CSc2ccc([N+](=O)[O-])cc2)cc1. The molecule has 0 unspecified atom stereocenters. The molecular weight excluding hydrogens is 304 g/mol. The van der Waals surface area contributed by atoms with Crippen molar-refractivity contribution in [2.24, 2.45) is 0 Å². The number of thioether (sulfide) groups is 1. The van der Waals surface area contributed by atoms with E-state index in [0.29, 0.717) is 11.3 Å². The zero-order chi connectivity index (χ0) is 15.9. The van der Waals surface area contributed by atoms with Crippen LogP contribution in [0.2, 0.25) is 0 Å². The third kappa shape index (κ3) is 4.33. The molecule has 0 saturated heterocycles. The number of hydrogen-bond acceptors (Lipinski definition) is 6. The van der Waals surface area contributed by atoms with Gasteiger partial charge in [-0.1, -0.05) is 0 Å². The number of ether oxygens (including phenoxy) is 1. The first-order valence-corrected chi connectivity index (χ1v) is 7.15. The Kier molecular flexibility index (Phi) is 5.11. The lowest BCUT2D eigenvalue weighted by Crippen LogP contribution is -2.10. The Bertz CT molecular complexity index is 721. The Morgan fingerprint density at radius 3 is 2.36 bits per heavy atom. The second kappa shape index (κ2) is 7.24. The maximum absolute atomic E-state index is 11.7. The quantitative estimate of drug-likeness (QED) is 0.277. The predicted octanol–water partition coefficient (Wildman–Crippen LogP) is 3.16. The zero-order valence-electron chi connectivity index (χ0n) is 11.3. The molecule has 0 N–H and O–H groups in total. The number of nitrogens with zero attached hydrogens (tertiary/aromatic N) is 2. The van der Waals surface area contributed by atoms with E-state index in [9.17, 15) is 14.9 Å². The summed E-state index contributed by atoms with van der Waals surface area (Å²) in [4.78, 5) is 22.5. The van der Waals surface area contributed by atoms with E-state index in [1.807, 2.05) is 6.07 Å². The van der Waals surface area contributed by atoms with Crippen LogP contribution in [-0.2, 0) is 4.79 Å². The molecule has 2 rings (SSSR count). The number of benzene rings is 2. The third-order valence-corrected chi connectivity index (χ3v) is 3.60. The Hall–Kier alpha value is -2.85. The Morgan fingerprint density at radius 1 is 1.18 bits per heavy atom. The van der Waals surface area contributed by atoms with Crippen molar-refractivity contribution in [1.29, 1.82) is 5.26 Å². The smallest absolute Gasteiger partial charge is 0.321 e. The van der Waals surface area contributed by atoms with Crippen molar-refractivity contribution in [2.75, 3.05) is 5.75 Å². The molecule has 0 aliphatic heterocycles. The number of nitro benzene ring substituents is 1. The van der Waals surface area contributed by atoms with Gasteiger partial charge in [-0.25, -0.2) is 0 Å². The summed E-state index contributed by atoms with van der Waals surface area (Å²) in [6, 6.07) is 14.1. The summed E-state index contributed by atoms with van der Waals surface area (Å²) in [7, 11) is 0. The van der Waals surface area contributed by atoms with Gasteiger partial charge in [-0.05, 0) is 36.4 Å². The van der Waals surface area contributed by atoms with Crippen LogP contribution in [-0.4, -0.2) is 16.6 Å². The van der Waals surface area contributed by atoms with Gasteiger partial charge in [-0.3, -0.25) is 14.9 Å². The van der Waals surface area contributed by atoms with E-state index in [2.05, 4.69) is 0 Å². The van der Waals surface area contributed by atoms with Crippen LogP contribution in [0.5, 0.6) is 5.75 Å². The Balaban J connectivity index is 1.86. The van der Waals surface area contributed by atoms with Crippen LogP contribution in [0.25, 0.3) is 0 Å². The summed E-state index contributed by atoms with van der Waals surface area (Å²) in [6.07, 6.45) is 0. The minimum absolute atomic E-state index is 0.00418. The molecule has 7 heteroatoms. The van der Waals surface area contributed by atoms with E-state index < -0.39 is 10.9 Å². The predicted molar refractivity (Wildman–Crippen MR) is 80.6 cm³/mol. The minimum atomic E-state index is -0.479. The fraction of sp³-hybridized carbons (Fsp3) is 0.0667. The van der Waals surface area contributed by atoms with Crippen LogP contribution in [0.1, 0.15) is 5.56 Å². The molecule has 6 nitrogen and oxygen atoms in total. The van der Waals surface area contributed by atoms with Crippen molar-refractivity contribution in [3.63, 3.8) is 0 Å². The largest absolute Gasteiger partial charge is 0.426 e. The number of nitriles is 1. The van der Waals surface area contributed by atoms with Crippen LogP contribution < -0.4 is 4.74 Å². The second-order valence-corrected chi connectivity index (χ2v) is 5.20. The number of rotatable bonds is 5. The molecule has 0 spiro atoms.